The lowest BCUT2D eigenvalue weighted by Crippen LogP contribution is -2.14. The minimum Gasteiger partial charge on any atom is -0.505 e. The fraction of sp³-hybridized carbons (Fsp3) is 0.273. The van der Waals surface area contributed by atoms with Gasteiger partial charge >= 0.3 is 11.9 Å². The van der Waals surface area contributed by atoms with Crippen LogP contribution < -0.4 is 9.47 Å². The van der Waals surface area contributed by atoms with Gasteiger partial charge in [0.15, 0.2) is 11.5 Å². The molecule has 0 bridgehead atoms. The zero-order valence-corrected chi connectivity index (χ0v) is 17.4. The Balaban J connectivity index is 1.36. The quantitative estimate of drug-likeness (QED) is 0.320. The number of carbonyl (C=O) groups is 2. The number of aryl methyl sites for hydroxylation is 1. The van der Waals surface area contributed by atoms with Gasteiger partial charge in [-0.3, -0.25) is 4.79 Å². The second-order valence-corrected chi connectivity index (χ2v) is 7.14. The van der Waals surface area contributed by atoms with Gasteiger partial charge in [0.1, 0.15) is 35.7 Å². The smallest absolute Gasteiger partial charge is 0.333 e. The molecule has 3 aromatic rings. The maximum Gasteiger partial charge on any atom is 0.333 e. The molecule has 0 aliphatic carbocycles. The first-order valence-electron chi connectivity index (χ1n) is 9.88. The summed E-state index contributed by atoms with van der Waals surface area (Å²) in [5, 5.41) is 19.1. The first-order chi connectivity index (χ1) is 15.4. The molecule has 2 aromatic carbocycles. The van der Waals surface area contributed by atoms with Gasteiger partial charge in [-0.05, 0) is 31.0 Å². The zero-order chi connectivity index (χ0) is 22.7. The number of fused-ring (bicyclic) bond motifs is 2. The predicted octanol–water partition coefficient (Wildman–Crippen LogP) is 2.45. The van der Waals surface area contributed by atoms with Gasteiger partial charge in [0, 0.05) is 24.1 Å². The van der Waals surface area contributed by atoms with Crippen molar-refractivity contribution in [3.63, 3.8) is 0 Å². The van der Waals surface area contributed by atoms with Crippen LogP contribution in [0.15, 0.2) is 42.5 Å². The summed E-state index contributed by atoms with van der Waals surface area (Å²) in [5.41, 5.74) is 2.78. The van der Waals surface area contributed by atoms with E-state index in [4.69, 9.17) is 18.9 Å². The SMILES string of the molecule is C=C(C)C(=O)OCCOC(=O)CCc1ccc2nn(-c3cc4c(cc3O)OCO4)nc2c1. The molecule has 0 spiro atoms. The lowest BCUT2D eigenvalue weighted by atomic mass is 10.1. The average Bonchev–Trinajstić information content (AvgIpc) is 3.40. The third-order valence-corrected chi connectivity index (χ3v) is 4.68. The molecule has 0 fully saturated rings. The molecule has 1 aromatic heterocycles. The van der Waals surface area contributed by atoms with E-state index in [-0.39, 0.29) is 37.8 Å². The molecule has 32 heavy (non-hydrogen) atoms. The average molecular weight is 439 g/mol. The second-order valence-electron chi connectivity index (χ2n) is 7.14. The van der Waals surface area contributed by atoms with Crippen LogP contribution in [-0.2, 0) is 25.5 Å². The van der Waals surface area contributed by atoms with Crippen LogP contribution in [-0.4, -0.2) is 52.0 Å². The van der Waals surface area contributed by atoms with E-state index in [1.165, 1.54) is 10.9 Å². The third-order valence-electron chi connectivity index (χ3n) is 4.68. The Morgan fingerprint density at radius 3 is 2.59 bits per heavy atom. The molecule has 0 saturated carbocycles. The Morgan fingerprint density at radius 1 is 1.09 bits per heavy atom. The van der Waals surface area contributed by atoms with E-state index >= 15 is 0 Å². The first-order valence-corrected chi connectivity index (χ1v) is 9.88. The summed E-state index contributed by atoms with van der Waals surface area (Å²) in [5.74, 6) is 0.0205. The van der Waals surface area contributed by atoms with Crippen LogP contribution >= 0.6 is 0 Å². The molecule has 1 aliphatic rings. The van der Waals surface area contributed by atoms with Gasteiger partial charge in [-0.15, -0.1) is 15.0 Å². The number of aromatic hydroxyl groups is 1. The number of carbonyl (C=O) groups excluding carboxylic acids is 2. The summed E-state index contributed by atoms with van der Waals surface area (Å²) < 4.78 is 20.5. The first kappa shape index (κ1) is 21.2. The van der Waals surface area contributed by atoms with Crippen LogP contribution in [0.2, 0.25) is 0 Å². The number of rotatable bonds is 8. The molecule has 4 rings (SSSR count). The van der Waals surface area contributed by atoms with Gasteiger partial charge in [0.25, 0.3) is 0 Å². The Bertz CT molecular complexity index is 1200. The number of ether oxygens (including phenoxy) is 4. The van der Waals surface area contributed by atoms with Gasteiger partial charge in [-0.1, -0.05) is 12.6 Å². The Kier molecular flexibility index (Phi) is 5.93. The minimum absolute atomic E-state index is 0.00968. The van der Waals surface area contributed by atoms with Crippen molar-refractivity contribution in [3.8, 4) is 22.9 Å². The minimum atomic E-state index is -0.517. The predicted molar refractivity (Wildman–Crippen MR) is 112 cm³/mol. The Morgan fingerprint density at radius 2 is 1.81 bits per heavy atom. The molecule has 166 valence electrons. The number of nitrogens with zero attached hydrogens (tertiary/aromatic N) is 3. The van der Waals surface area contributed by atoms with Crippen molar-refractivity contribution in [2.75, 3.05) is 20.0 Å². The summed E-state index contributed by atoms with van der Waals surface area (Å²) in [7, 11) is 0. The number of esters is 2. The Labute approximate surface area is 182 Å². The maximum absolute atomic E-state index is 11.9. The number of hydrogen-bond acceptors (Lipinski definition) is 9. The summed E-state index contributed by atoms with van der Waals surface area (Å²) >= 11 is 0. The molecule has 10 heteroatoms. The van der Waals surface area contributed by atoms with Crippen molar-refractivity contribution in [1.29, 1.82) is 0 Å². The van der Waals surface area contributed by atoms with Gasteiger partial charge in [0.05, 0.1) is 0 Å². The lowest BCUT2D eigenvalue weighted by Gasteiger charge is -2.06. The second kappa shape index (κ2) is 8.96. The van der Waals surface area contributed by atoms with Crippen molar-refractivity contribution >= 4 is 23.0 Å². The van der Waals surface area contributed by atoms with E-state index < -0.39 is 11.9 Å². The molecule has 0 atom stereocenters. The summed E-state index contributed by atoms with van der Waals surface area (Å²) in [6.45, 7) is 5.09. The van der Waals surface area contributed by atoms with Crippen molar-refractivity contribution in [2.45, 2.75) is 19.8 Å². The molecule has 10 nitrogen and oxygen atoms in total. The maximum atomic E-state index is 11.9. The highest BCUT2D eigenvalue weighted by Crippen LogP contribution is 2.39. The van der Waals surface area contributed by atoms with Gasteiger partial charge in [-0.25, -0.2) is 4.79 Å². The molecule has 1 N–H and O–H groups in total. The molecule has 0 amide bonds. The molecule has 2 heterocycles. The number of phenolic OH excluding ortho intramolecular Hbond substituents is 1. The summed E-state index contributed by atoms with van der Waals surface area (Å²) in [6, 6.07) is 8.54. The monoisotopic (exact) mass is 439 g/mol. The van der Waals surface area contributed by atoms with Crippen LogP contribution in [0.4, 0.5) is 0 Å². The number of benzene rings is 2. The topological polar surface area (TPSA) is 122 Å². The van der Waals surface area contributed by atoms with Crippen molar-refractivity contribution in [2.24, 2.45) is 0 Å². The fourth-order valence-electron chi connectivity index (χ4n) is 3.04. The molecular weight excluding hydrogens is 418 g/mol. The van der Waals surface area contributed by atoms with Gasteiger partial charge in [-0.2, -0.15) is 0 Å². The van der Waals surface area contributed by atoms with E-state index in [9.17, 15) is 14.7 Å². The summed E-state index contributed by atoms with van der Waals surface area (Å²) in [6.07, 6.45) is 0.611. The largest absolute Gasteiger partial charge is 0.505 e. The van der Waals surface area contributed by atoms with Crippen LogP contribution in [0, 0.1) is 0 Å². The Hall–Kier alpha value is -4.08. The standard InChI is InChI=1S/C22H21N3O7/c1-13(2)22(28)30-8-7-29-21(27)6-4-14-3-5-15-16(9-14)24-25(23-15)17-10-19-20(11-18(17)26)32-12-31-19/h3,5,9-11,26H,1,4,6-8,12H2,2H3. The zero-order valence-electron chi connectivity index (χ0n) is 17.4. The van der Waals surface area contributed by atoms with E-state index in [1.807, 2.05) is 12.1 Å². The van der Waals surface area contributed by atoms with Gasteiger partial charge in [0.2, 0.25) is 6.79 Å². The molecule has 0 saturated heterocycles. The highest BCUT2D eigenvalue weighted by Gasteiger charge is 2.19. The number of aromatic nitrogens is 3. The normalized spacial score (nSPS) is 12.0. The van der Waals surface area contributed by atoms with Crippen molar-refractivity contribution in [3.05, 3.63) is 48.0 Å². The van der Waals surface area contributed by atoms with Crippen LogP contribution in [0.5, 0.6) is 17.2 Å². The highest BCUT2D eigenvalue weighted by atomic mass is 16.7. The number of phenols is 1. The van der Waals surface area contributed by atoms with Crippen LogP contribution in [0.25, 0.3) is 16.7 Å². The van der Waals surface area contributed by atoms with Crippen molar-refractivity contribution < 1.29 is 33.6 Å². The van der Waals surface area contributed by atoms with E-state index in [0.29, 0.717) is 34.6 Å². The summed E-state index contributed by atoms with van der Waals surface area (Å²) in [4.78, 5) is 24.5. The van der Waals surface area contributed by atoms with E-state index in [2.05, 4.69) is 16.8 Å². The fourth-order valence-corrected chi connectivity index (χ4v) is 3.04. The van der Waals surface area contributed by atoms with Gasteiger partial charge < -0.3 is 24.1 Å². The molecule has 0 unspecified atom stereocenters. The van der Waals surface area contributed by atoms with E-state index in [0.717, 1.165) is 5.56 Å². The van der Waals surface area contributed by atoms with Crippen LogP contribution in [0.1, 0.15) is 18.9 Å². The molecule has 1 aliphatic heterocycles. The van der Waals surface area contributed by atoms with Crippen molar-refractivity contribution in [1.82, 2.24) is 15.0 Å². The third kappa shape index (κ3) is 4.64. The molecule has 0 radical (unpaired) electrons. The lowest BCUT2D eigenvalue weighted by molar-refractivity contribution is -0.150. The highest BCUT2D eigenvalue weighted by molar-refractivity contribution is 5.86. The van der Waals surface area contributed by atoms with Crippen LogP contribution in [0.3, 0.4) is 0 Å². The van der Waals surface area contributed by atoms with E-state index in [1.54, 1.807) is 19.1 Å². The molecular formula is C22H21N3O7. The number of hydrogen-bond donors (Lipinski definition) is 1.